The van der Waals surface area contributed by atoms with Gasteiger partial charge in [-0.1, -0.05) is 16.9 Å². The normalized spacial score (nSPS) is 19.7. The molecule has 0 saturated carbocycles. The Morgan fingerprint density at radius 2 is 1.61 bits per heavy atom. The highest BCUT2D eigenvalue weighted by Crippen LogP contribution is 2.44. The summed E-state index contributed by atoms with van der Waals surface area (Å²) in [6, 6.07) is 12.1. The molecule has 3 atom stereocenters. The molecule has 2 aromatic carbocycles. The summed E-state index contributed by atoms with van der Waals surface area (Å²) in [6.45, 7) is 1.46. The van der Waals surface area contributed by atoms with Gasteiger partial charge in [0.05, 0.1) is 74.3 Å². The van der Waals surface area contributed by atoms with E-state index in [9.17, 15) is 23.8 Å². The number of ether oxygens (including phenoxy) is 4. The number of methoxy groups -OCH3 is 2. The first-order chi connectivity index (χ1) is 27.2. The zero-order chi connectivity index (χ0) is 39.2. The Labute approximate surface area is 334 Å². The topological polar surface area (TPSA) is 160 Å². The van der Waals surface area contributed by atoms with Gasteiger partial charge in [-0.3, -0.25) is 23.9 Å². The summed E-state index contributed by atoms with van der Waals surface area (Å²) >= 11 is 0. The van der Waals surface area contributed by atoms with E-state index in [-0.39, 0.29) is 66.8 Å². The van der Waals surface area contributed by atoms with Crippen molar-refractivity contribution in [2.45, 2.75) is 55.6 Å². The molecule has 3 amide bonds. The summed E-state index contributed by atoms with van der Waals surface area (Å²) in [5.41, 5.74) is 1.70. The van der Waals surface area contributed by atoms with Gasteiger partial charge in [0, 0.05) is 56.4 Å². The quantitative estimate of drug-likeness (QED) is 0.0975. The number of aromatic nitrogens is 1. The molecule has 14 nitrogen and oxygen atoms in total. The van der Waals surface area contributed by atoms with Crippen molar-refractivity contribution in [1.29, 1.82) is 0 Å². The Hall–Kier alpha value is -4.24. The molecule has 1 aromatic heterocycles. The molecular formula is C39H46N5O9PS2. The lowest BCUT2D eigenvalue weighted by molar-refractivity contribution is -0.118. The molecule has 0 aliphatic carbocycles. The predicted molar refractivity (Wildman–Crippen MR) is 217 cm³/mol. The number of carbonyl (C=O) groups is 3. The molecule has 298 valence electrons. The maximum atomic E-state index is 13.8. The number of nitrogens with zero attached hydrogens (tertiary/aromatic N) is 5. The maximum absolute atomic E-state index is 13.8. The van der Waals surface area contributed by atoms with Crippen molar-refractivity contribution >= 4 is 64.3 Å². The standard InChI is InChI=1S/C39H46N5O9PS2/c1-50-32-20-28-30(41-24-26-8-5-13-42(26)38(28)46)22-34(32)52-15-17-54(48,49)18-16-53-35-23-31-29(21-33(35)51-2)39(47)43-14-6-9-27(43)25-44(31)37(45)11-7-19-55-56-36-10-3-4-12-40-36/h3-4,10,12,20-24,26-27H,5-9,11,13-19,25H2,1-2H3,(H,48,49)/t26-,27-/m0/s1. The lowest BCUT2D eigenvalue weighted by Crippen LogP contribution is -2.42. The van der Waals surface area contributed by atoms with Crippen molar-refractivity contribution in [2.24, 2.45) is 4.99 Å². The minimum absolute atomic E-state index is 0.0393. The van der Waals surface area contributed by atoms with Crippen molar-refractivity contribution in [3.63, 3.8) is 0 Å². The van der Waals surface area contributed by atoms with E-state index in [1.165, 1.54) is 14.2 Å². The number of amides is 3. The Kier molecular flexibility index (Phi) is 12.8. The molecule has 56 heavy (non-hydrogen) atoms. The summed E-state index contributed by atoms with van der Waals surface area (Å²) in [4.78, 5) is 65.9. The third kappa shape index (κ3) is 8.98. The molecule has 17 heteroatoms. The summed E-state index contributed by atoms with van der Waals surface area (Å²) in [6.07, 6.45) is 7.62. The summed E-state index contributed by atoms with van der Waals surface area (Å²) in [5.74, 6) is 1.61. The van der Waals surface area contributed by atoms with Gasteiger partial charge in [-0.25, -0.2) is 4.98 Å². The lowest BCUT2D eigenvalue weighted by atomic mass is 10.1. The average molecular weight is 824 g/mol. The molecule has 0 radical (unpaired) electrons. The first kappa shape index (κ1) is 40.0. The SMILES string of the molecule is COc1cc2c(cc1OCCP(=O)(O)CCOc1cc3c(cc1OC)C(=O)N1CCC[C@H]1CN3C(=O)CCCSSc1ccccn1)N=C[C@@H]1CCCN1C2=O. The number of rotatable bonds is 16. The van der Waals surface area contributed by atoms with Gasteiger partial charge >= 0.3 is 0 Å². The van der Waals surface area contributed by atoms with Crippen molar-refractivity contribution in [1.82, 2.24) is 14.8 Å². The van der Waals surface area contributed by atoms with Gasteiger partial charge in [-0.05, 0) is 67.2 Å². The number of hydrogen-bond donors (Lipinski definition) is 1. The van der Waals surface area contributed by atoms with Gasteiger partial charge in [0.2, 0.25) is 13.3 Å². The lowest BCUT2D eigenvalue weighted by Gasteiger charge is -2.27. The second-order valence-corrected chi connectivity index (χ2v) is 19.0. The van der Waals surface area contributed by atoms with Gasteiger partial charge in [0.1, 0.15) is 5.03 Å². The molecule has 0 spiro atoms. The Morgan fingerprint density at radius 1 is 0.911 bits per heavy atom. The van der Waals surface area contributed by atoms with Crippen molar-refractivity contribution in [2.75, 3.05) is 70.0 Å². The highest BCUT2D eigenvalue weighted by molar-refractivity contribution is 8.76. The highest BCUT2D eigenvalue weighted by Gasteiger charge is 2.39. The molecule has 4 aliphatic heterocycles. The van der Waals surface area contributed by atoms with Crippen LogP contribution in [0.3, 0.4) is 0 Å². The van der Waals surface area contributed by atoms with E-state index in [0.29, 0.717) is 66.5 Å². The number of pyridine rings is 1. The van der Waals surface area contributed by atoms with Gasteiger partial charge in [-0.2, -0.15) is 0 Å². The average Bonchev–Trinajstić information content (AvgIpc) is 3.83. The van der Waals surface area contributed by atoms with Crippen LogP contribution in [0.1, 0.15) is 59.2 Å². The first-order valence-corrected chi connectivity index (χ1v) is 23.2. The van der Waals surface area contributed by atoms with Gasteiger partial charge < -0.3 is 38.5 Å². The molecule has 4 aliphatic rings. The van der Waals surface area contributed by atoms with Gasteiger partial charge in [0.15, 0.2) is 23.0 Å². The van der Waals surface area contributed by atoms with Crippen LogP contribution in [0.2, 0.25) is 0 Å². The van der Waals surface area contributed by atoms with Gasteiger partial charge in [-0.15, -0.1) is 0 Å². The minimum Gasteiger partial charge on any atom is -0.493 e. The van der Waals surface area contributed by atoms with Crippen LogP contribution in [0.15, 0.2) is 58.7 Å². The number of fused-ring (bicyclic) bond motifs is 4. The maximum Gasteiger partial charge on any atom is 0.256 e. The van der Waals surface area contributed by atoms with Crippen LogP contribution in [-0.2, 0) is 9.36 Å². The van der Waals surface area contributed by atoms with E-state index in [4.69, 9.17) is 18.9 Å². The van der Waals surface area contributed by atoms with Crippen LogP contribution in [0, 0.1) is 0 Å². The fourth-order valence-electron chi connectivity index (χ4n) is 7.45. The molecule has 3 aromatic rings. The highest BCUT2D eigenvalue weighted by atomic mass is 33.1. The predicted octanol–water partition coefficient (Wildman–Crippen LogP) is 6.32. The Balaban J connectivity index is 0.984. The molecule has 1 N–H and O–H groups in total. The molecule has 2 saturated heterocycles. The monoisotopic (exact) mass is 823 g/mol. The fourth-order valence-corrected chi connectivity index (χ4v) is 10.4. The minimum atomic E-state index is -3.74. The second kappa shape index (κ2) is 17.9. The number of hydrogen-bond acceptors (Lipinski definition) is 12. The van der Waals surface area contributed by atoms with Crippen molar-refractivity contribution in [3.05, 3.63) is 59.8 Å². The third-order valence-corrected chi connectivity index (χ3v) is 14.5. The van der Waals surface area contributed by atoms with E-state index < -0.39 is 7.37 Å². The molecule has 1 unspecified atom stereocenters. The van der Waals surface area contributed by atoms with Crippen LogP contribution in [0.4, 0.5) is 11.4 Å². The Morgan fingerprint density at radius 3 is 2.34 bits per heavy atom. The van der Waals surface area contributed by atoms with Crippen LogP contribution in [0.5, 0.6) is 23.0 Å². The van der Waals surface area contributed by atoms with E-state index >= 15 is 0 Å². The van der Waals surface area contributed by atoms with Crippen LogP contribution in [-0.4, -0.2) is 121 Å². The van der Waals surface area contributed by atoms with E-state index in [1.807, 2.05) is 28.0 Å². The zero-order valence-electron chi connectivity index (χ0n) is 31.5. The summed E-state index contributed by atoms with van der Waals surface area (Å²) < 4.78 is 36.4. The van der Waals surface area contributed by atoms with Gasteiger partial charge in [0.25, 0.3) is 11.8 Å². The second-order valence-electron chi connectivity index (χ2n) is 14.0. The molecular weight excluding hydrogens is 778 g/mol. The zero-order valence-corrected chi connectivity index (χ0v) is 34.0. The third-order valence-electron chi connectivity index (χ3n) is 10.4. The summed E-state index contributed by atoms with van der Waals surface area (Å²) in [5, 5.41) is 0.911. The van der Waals surface area contributed by atoms with E-state index in [2.05, 4.69) is 9.98 Å². The smallest absolute Gasteiger partial charge is 0.256 e. The van der Waals surface area contributed by atoms with Crippen LogP contribution < -0.4 is 23.8 Å². The van der Waals surface area contributed by atoms with E-state index in [1.54, 1.807) is 63.2 Å². The van der Waals surface area contributed by atoms with Crippen molar-refractivity contribution < 1.29 is 42.8 Å². The first-order valence-electron chi connectivity index (χ1n) is 18.8. The number of carbonyl (C=O) groups excluding carboxylic acids is 3. The number of aliphatic imine (C=N–C) groups is 1. The molecule has 7 rings (SSSR count). The molecule has 0 bridgehead atoms. The largest absolute Gasteiger partial charge is 0.493 e. The Bertz CT molecular complexity index is 2020. The van der Waals surface area contributed by atoms with E-state index in [0.717, 1.165) is 36.5 Å². The molecule has 2 fully saturated rings. The van der Waals surface area contributed by atoms with Crippen LogP contribution >= 0.6 is 29.0 Å². The summed E-state index contributed by atoms with van der Waals surface area (Å²) in [7, 11) is 2.42. The number of anilines is 1. The number of benzene rings is 2. The van der Waals surface area contributed by atoms with Crippen molar-refractivity contribution in [3.8, 4) is 23.0 Å². The molecule has 5 heterocycles. The van der Waals surface area contributed by atoms with Crippen LogP contribution in [0.25, 0.3) is 0 Å². The fraction of sp³-hybridized carbons (Fsp3) is 0.462.